The number of carboxylic acid groups (broad SMARTS) is 1. The van der Waals surface area contributed by atoms with Crippen LogP contribution in [0.2, 0.25) is 0 Å². The first kappa shape index (κ1) is 28.5. The van der Waals surface area contributed by atoms with Gasteiger partial charge in [-0.1, -0.05) is 62.6 Å². The second-order valence-corrected chi connectivity index (χ2v) is 11.7. The fraction of sp³-hybridized carbons (Fsp3) is 0.367. The van der Waals surface area contributed by atoms with E-state index in [9.17, 15) is 17.6 Å². The number of rotatable bonds is 10. The minimum Gasteiger partial charge on any atom is -0.495 e. The summed E-state index contributed by atoms with van der Waals surface area (Å²) in [6, 6.07) is 13.2. The average Bonchev–Trinajstić information content (AvgIpc) is 2.92. The number of unbranched alkanes of at least 4 members (excludes halogenated alkanes) is 1. The maximum atomic E-state index is 15.6. The highest BCUT2D eigenvalue weighted by Gasteiger charge is 2.26. The van der Waals surface area contributed by atoms with E-state index in [1.54, 1.807) is 0 Å². The van der Waals surface area contributed by atoms with Crippen LogP contribution < -0.4 is 9.46 Å². The molecule has 0 saturated heterocycles. The molecule has 6 nitrogen and oxygen atoms in total. The summed E-state index contributed by atoms with van der Waals surface area (Å²) < 4.78 is 63.2. The van der Waals surface area contributed by atoms with E-state index in [1.165, 1.54) is 56.9 Å². The van der Waals surface area contributed by atoms with Gasteiger partial charge in [-0.3, -0.25) is 4.72 Å². The fourth-order valence-corrected chi connectivity index (χ4v) is 6.48. The van der Waals surface area contributed by atoms with Crippen molar-refractivity contribution in [3.8, 4) is 16.9 Å². The normalized spacial score (nSPS) is 17.5. The van der Waals surface area contributed by atoms with Gasteiger partial charge < -0.3 is 9.84 Å². The molecule has 3 aromatic rings. The van der Waals surface area contributed by atoms with Gasteiger partial charge in [0.1, 0.15) is 16.5 Å². The van der Waals surface area contributed by atoms with Crippen LogP contribution >= 0.6 is 0 Å². The zero-order valence-corrected chi connectivity index (χ0v) is 22.9. The molecule has 0 unspecified atom stereocenters. The number of hydrogen-bond donors (Lipinski definition) is 2. The lowest BCUT2D eigenvalue weighted by Crippen LogP contribution is -2.16. The van der Waals surface area contributed by atoms with Gasteiger partial charge in [0.05, 0.1) is 18.4 Å². The van der Waals surface area contributed by atoms with E-state index >= 15 is 4.39 Å². The summed E-state index contributed by atoms with van der Waals surface area (Å²) in [5, 5.41) is 9.11. The number of carboxylic acids is 1. The maximum absolute atomic E-state index is 15.6. The number of hydrogen-bond acceptors (Lipinski definition) is 4. The molecule has 0 spiro atoms. The van der Waals surface area contributed by atoms with Gasteiger partial charge >= 0.3 is 5.97 Å². The zero-order valence-electron chi connectivity index (χ0n) is 22.0. The molecule has 39 heavy (non-hydrogen) atoms. The van der Waals surface area contributed by atoms with Gasteiger partial charge in [0, 0.05) is 11.6 Å². The van der Waals surface area contributed by atoms with Gasteiger partial charge in [-0.05, 0) is 60.8 Å². The van der Waals surface area contributed by atoms with Crippen molar-refractivity contribution in [3.05, 3.63) is 77.4 Å². The molecule has 0 bridgehead atoms. The first-order valence-electron chi connectivity index (χ1n) is 13.2. The number of sulfonamides is 1. The van der Waals surface area contributed by atoms with Crippen molar-refractivity contribution in [2.24, 2.45) is 5.92 Å². The molecule has 0 heterocycles. The SMILES string of the molecule is CCCC[C@H]1CC[C@H](c2ccc(-c3cccc(S(=O)(=O)Nc4cc(F)c(C(=O)O)cc4OC)c3F)cc2)CC1. The Morgan fingerprint density at radius 2 is 1.74 bits per heavy atom. The van der Waals surface area contributed by atoms with Crippen molar-refractivity contribution >= 4 is 21.7 Å². The summed E-state index contributed by atoms with van der Waals surface area (Å²) >= 11 is 0. The Balaban J connectivity index is 1.55. The third kappa shape index (κ3) is 6.41. The molecular weight excluding hydrogens is 524 g/mol. The van der Waals surface area contributed by atoms with Crippen LogP contribution in [0.3, 0.4) is 0 Å². The predicted octanol–water partition coefficient (Wildman–Crippen LogP) is 7.60. The summed E-state index contributed by atoms with van der Waals surface area (Å²) in [7, 11) is -3.33. The van der Waals surface area contributed by atoms with Crippen LogP contribution in [0.25, 0.3) is 11.1 Å². The molecule has 1 aliphatic rings. The maximum Gasteiger partial charge on any atom is 0.338 e. The fourth-order valence-electron chi connectivity index (χ4n) is 5.32. The first-order valence-corrected chi connectivity index (χ1v) is 14.6. The van der Waals surface area contributed by atoms with E-state index in [-0.39, 0.29) is 17.0 Å². The van der Waals surface area contributed by atoms with Crippen molar-refractivity contribution in [3.63, 3.8) is 0 Å². The summed E-state index contributed by atoms with van der Waals surface area (Å²) in [5.41, 5.74) is 0.832. The Kier molecular flexibility index (Phi) is 8.90. The molecule has 9 heteroatoms. The number of ether oxygens (including phenoxy) is 1. The average molecular weight is 558 g/mol. The van der Waals surface area contributed by atoms with Crippen LogP contribution in [-0.4, -0.2) is 26.6 Å². The van der Waals surface area contributed by atoms with Crippen LogP contribution in [0.1, 0.15) is 73.7 Å². The van der Waals surface area contributed by atoms with Gasteiger partial charge in [0.2, 0.25) is 0 Å². The summed E-state index contributed by atoms with van der Waals surface area (Å²) in [4.78, 5) is 10.6. The standard InChI is InChI=1S/C30H33F2NO5S/c1-3-4-6-19-9-11-20(12-10-19)21-13-15-22(16-14-21)23-7-5-8-28(29(23)32)39(36,37)33-26-18-25(31)24(30(34)35)17-27(26)38-2/h5,7-8,13-20,33H,3-4,6,9-12H2,1-2H3,(H,34,35)/t19-,20-. The van der Waals surface area contributed by atoms with Gasteiger partial charge in [-0.2, -0.15) is 0 Å². The third-order valence-electron chi connectivity index (χ3n) is 7.52. The number of aromatic carboxylic acids is 1. The Bertz CT molecular complexity index is 1430. The van der Waals surface area contributed by atoms with Crippen molar-refractivity contribution in [2.75, 3.05) is 11.8 Å². The topological polar surface area (TPSA) is 92.7 Å². The number of benzene rings is 3. The molecule has 208 valence electrons. The second kappa shape index (κ2) is 12.2. The molecule has 0 radical (unpaired) electrons. The molecule has 0 amide bonds. The highest BCUT2D eigenvalue weighted by atomic mass is 32.2. The predicted molar refractivity (Wildman–Crippen MR) is 147 cm³/mol. The number of methoxy groups -OCH3 is 1. The highest BCUT2D eigenvalue weighted by Crippen LogP contribution is 2.39. The van der Waals surface area contributed by atoms with Crippen molar-refractivity contribution < 1.29 is 31.8 Å². The quantitative estimate of drug-likeness (QED) is 0.268. The summed E-state index contributed by atoms with van der Waals surface area (Å²) in [6.45, 7) is 2.22. The summed E-state index contributed by atoms with van der Waals surface area (Å²) in [5.74, 6) is -2.59. The Hall–Kier alpha value is -3.46. The molecule has 2 N–H and O–H groups in total. The molecule has 0 atom stereocenters. The van der Waals surface area contributed by atoms with Gasteiger partial charge in [0.15, 0.2) is 5.82 Å². The molecule has 1 aliphatic carbocycles. The number of anilines is 1. The van der Waals surface area contributed by atoms with Crippen molar-refractivity contribution in [1.29, 1.82) is 0 Å². The van der Waals surface area contributed by atoms with E-state index in [1.807, 2.05) is 24.3 Å². The van der Waals surface area contributed by atoms with Gasteiger partial charge in [-0.25, -0.2) is 22.0 Å². The van der Waals surface area contributed by atoms with Gasteiger partial charge in [-0.15, -0.1) is 0 Å². The minimum absolute atomic E-state index is 0.118. The lowest BCUT2D eigenvalue weighted by molar-refractivity contribution is 0.0691. The van der Waals surface area contributed by atoms with Crippen LogP contribution in [0.15, 0.2) is 59.5 Å². The smallest absolute Gasteiger partial charge is 0.338 e. The third-order valence-corrected chi connectivity index (χ3v) is 8.91. The van der Waals surface area contributed by atoms with Crippen molar-refractivity contribution in [1.82, 2.24) is 0 Å². The number of carbonyl (C=O) groups is 1. The second-order valence-electron chi connectivity index (χ2n) is 10.0. The molecule has 1 fully saturated rings. The lowest BCUT2D eigenvalue weighted by Gasteiger charge is -2.29. The van der Waals surface area contributed by atoms with Crippen LogP contribution in [0, 0.1) is 17.6 Å². The van der Waals surface area contributed by atoms with E-state index in [0.717, 1.165) is 30.9 Å². The van der Waals surface area contributed by atoms with E-state index < -0.39 is 38.1 Å². The Morgan fingerprint density at radius 1 is 1.05 bits per heavy atom. The van der Waals surface area contributed by atoms with Crippen LogP contribution in [0.4, 0.5) is 14.5 Å². The minimum atomic E-state index is -4.51. The summed E-state index contributed by atoms with van der Waals surface area (Å²) in [6.07, 6.45) is 8.52. The van der Waals surface area contributed by atoms with Crippen LogP contribution in [0.5, 0.6) is 5.75 Å². The molecule has 0 aromatic heterocycles. The zero-order chi connectivity index (χ0) is 28.2. The molecular formula is C30H33F2NO5S. The van der Waals surface area contributed by atoms with Crippen LogP contribution in [-0.2, 0) is 10.0 Å². The molecule has 4 rings (SSSR count). The van der Waals surface area contributed by atoms with E-state index in [0.29, 0.717) is 17.5 Å². The number of nitrogens with one attached hydrogen (secondary N) is 1. The first-order chi connectivity index (χ1) is 18.6. The molecule has 1 saturated carbocycles. The Morgan fingerprint density at radius 3 is 2.36 bits per heavy atom. The van der Waals surface area contributed by atoms with Crippen molar-refractivity contribution in [2.45, 2.75) is 62.7 Å². The van der Waals surface area contributed by atoms with Gasteiger partial charge in [0.25, 0.3) is 10.0 Å². The largest absolute Gasteiger partial charge is 0.495 e. The Labute approximate surface area is 228 Å². The lowest BCUT2D eigenvalue weighted by atomic mass is 9.77. The van der Waals surface area contributed by atoms with E-state index in [2.05, 4.69) is 11.6 Å². The van der Waals surface area contributed by atoms with E-state index in [4.69, 9.17) is 9.84 Å². The molecule has 0 aliphatic heterocycles. The molecule has 3 aromatic carbocycles. The monoisotopic (exact) mass is 557 g/mol. The number of halogens is 2. The highest BCUT2D eigenvalue weighted by molar-refractivity contribution is 7.92.